The van der Waals surface area contributed by atoms with E-state index < -0.39 is 0 Å². The molecule has 1 unspecified atom stereocenters. The zero-order chi connectivity index (χ0) is 14.0. The van der Waals surface area contributed by atoms with Crippen molar-refractivity contribution < 1.29 is 9.53 Å². The molecule has 0 amide bonds. The maximum Gasteiger partial charge on any atom is 0.330 e. The first-order valence-corrected chi connectivity index (χ1v) is 6.73. The summed E-state index contributed by atoms with van der Waals surface area (Å²) in [4.78, 5) is 11.3. The monoisotopic (exact) mass is 250 g/mol. The van der Waals surface area contributed by atoms with E-state index in [9.17, 15) is 4.79 Å². The van der Waals surface area contributed by atoms with Gasteiger partial charge in [0.2, 0.25) is 0 Å². The van der Waals surface area contributed by atoms with Crippen molar-refractivity contribution in [2.24, 2.45) is 16.7 Å². The van der Waals surface area contributed by atoms with Crippen LogP contribution in [-0.4, -0.2) is 12.1 Å². The topological polar surface area (TPSA) is 26.3 Å². The number of carbonyl (C=O) groups is 1. The van der Waals surface area contributed by atoms with Gasteiger partial charge in [-0.15, -0.1) is 6.58 Å². The SMILES string of the molecule is C=CC.C=CC(=O)OC1C[C@H]2CC[C@@]1(C)C2(C)C. The van der Waals surface area contributed by atoms with Gasteiger partial charge in [-0.2, -0.15) is 0 Å². The number of carbonyl (C=O) groups excluding carboxylic acids is 1. The summed E-state index contributed by atoms with van der Waals surface area (Å²) in [6.45, 7) is 15.6. The molecule has 18 heavy (non-hydrogen) atoms. The van der Waals surface area contributed by atoms with Gasteiger partial charge < -0.3 is 4.74 Å². The Morgan fingerprint density at radius 3 is 2.22 bits per heavy atom. The molecule has 2 bridgehead atoms. The second kappa shape index (κ2) is 5.29. The molecule has 2 rings (SSSR count). The number of rotatable bonds is 2. The molecule has 2 aliphatic rings. The fraction of sp³-hybridized carbons (Fsp3) is 0.688. The second-order valence-corrected chi connectivity index (χ2v) is 6.15. The number of ether oxygens (including phenoxy) is 1. The lowest BCUT2D eigenvalue weighted by Crippen LogP contribution is -2.38. The Hall–Kier alpha value is -1.05. The van der Waals surface area contributed by atoms with Crippen molar-refractivity contribution in [1.82, 2.24) is 0 Å². The van der Waals surface area contributed by atoms with Crippen LogP contribution in [0.5, 0.6) is 0 Å². The van der Waals surface area contributed by atoms with Crippen LogP contribution >= 0.6 is 0 Å². The molecule has 102 valence electrons. The summed E-state index contributed by atoms with van der Waals surface area (Å²) in [7, 11) is 0. The van der Waals surface area contributed by atoms with Crippen LogP contribution < -0.4 is 0 Å². The molecule has 2 heteroatoms. The van der Waals surface area contributed by atoms with Gasteiger partial charge in [0.25, 0.3) is 0 Å². The van der Waals surface area contributed by atoms with Crippen LogP contribution in [0, 0.1) is 16.7 Å². The quantitative estimate of drug-likeness (QED) is 0.418. The second-order valence-electron chi connectivity index (χ2n) is 6.15. The number of esters is 1. The van der Waals surface area contributed by atoms with Crippen molar-refractivity contribution in [2.45, 2.75) is 53.1 Å². The van der Waals surface area contributed by atoms with Crippen LogP contribution in [0.1, 0.15) is 47.0 Å². The van der Waals surface area contributed by atoms with E-state index in [0.717, 1.165) is 6.42 Å². The molecular formula is C16H26O2. The maximum absolute atomic E-state index is 11.3. The zero-order valence-electron chi connectivity index (χ0n) is 12.2. The van der Waals surface area contributed by atoms with Gasteiger partial charge in [-0.3, -0.25) is 0 Å². The van der Waals surface area contributed by atoms with E-state index in [0.29, 0.717) is 11.3 Å². The summed E-state index contributed by atoms with van der Waals surface area (Å²) in [6, 6.07) is 0. The minimum Gasteiger partial charge on any atom is -0.459 e. The lowest BCUT2D eigenvalue weighted by Gasteiger charge is -2.38. The van der Waals surface area contributed by atoms with E-state index in [1.54, 1.807) is 6.08 Å². The largest absolute Gasteiger partial charge is 0.459 e. The highest BCUT2D eigenvalue weighted by atomic mass is 16.5. The molecule has 0 aromatic rings. The zero-order valence-corrected chi connectivity index (χ0v) is 12.2. The Morgan fingerprint density at radius 1 is 1.33 bits per heavy atom. The standard InChI is InChI=1S/C13H20O2.C3H6/c1-5-11(14)15-10-8-9-6-7-13(10,4)12(9,2)3;1-3-2/h5,9-10H,1,6-8H2,2-4H3;3H,1H2,2H3/t9-,10?,13-;/m1./s1. The highest BCUT2D eigenvalue weighted by Gasteiger charge is 2.62. The molecule has 0 radical (unpaired) electrons. The van der Waals surface area contributed by atoms with E-state index >= 15 is 0 Å². The van der Waals surface area contributed by atoms with Crippen LogP contribution in [0.3, 0.4) is 0 Å². The van der Waals surface area contributed by atoms with Crippen molar-refractivity contribution in [3.8, 4) is 0 Å². The van der Waals surface area contributed by atoms with Crippen molar-refractivity contribution >= 4 is 5.97 Å². The van der Waals surface area contributed by atoms with Crippen LogP contribution in [0.15, 0.2) is 25.3 Å². The molecule has 0 spiro atoms. The lowest BCUT2D eigenvalue weighted by atomic mass is 9.70. The number of hydrogen-bond donors (Lipinski definition) is 0. The number of allylic oxidation sites excluding steroid dienone is 1. The van der Waals surface area contributed by atoms with E-state index in [4.69, 9.17) is 4.74 Å². The normalized spacial score (nSPS) is 35.3. The molecule has 0 N–H and O–H groups in total. The summed E-state index contributed by atoms with van der Waals surface area (Å²) in [6.07, 6.45) is 6.60. The first kappa shape index (κ1) is 15.0. The molecule has 0 aromatic carbocycles. The van der Waals surface area contributed by atoms with Gasteiger partial charge in [0.15, 0.2) is 0 Å². The highest BCUT2D eigenvalue weighted by Crippen LogP contribution is 2.66. The molecule has 2 fully saturated rings. The van der Waals surface area contributed by atoms with Gasteiger partial charge in [-0.05, 0) is 37.5 Å². The Kier molecular flexibility index (Phi) is 4.41. The summed E-state index contributed by atoms with van der Waals surface area (Å²) in [5.41, 5.74) is 0.468. The summed E-state index contributed by atoms with van der Waals surface area (Å²) < 4.78 is 5.48. The third-order valence-electron chi connectivity index (χ3n) is 5.14. The molecule has 0 aliphatic heterocycles. The molecule has 0 saturated heterocycles. The predicted molar refractivity (Wildman–Crippen MR) is 75.2 cm³/mol. The molecule has 2 aliphatic carbocycles. The van der Waals surface area contributed by atoms with Gasteiger partial charge in [-0.25, -0.2) is 4.79 Å². The minimum atomic E-state index is -0.274. The van der Waals surface area contributed by atoms with Crippen LogP contribution in [-0.2, 0) is 9.53 Å². The van der Waals surface area contributed by atoms with Crippen molar-refractivity contribution in [2.75, 3.05) is 0 Å². The molecule has 3 atom stereocenters. The van der Waals surface area contributed by atoms with E-state index in [1.807, 2.05) is 6.92 Å². The first-order chi connectivity index (χ1) is 8.33. The third-order valence-corrected chi connectivity index (χ3v) is 5.14. The van der Waals surface area contributed by atoms with Crippen LogP contribution in [0.2, 0.25) is 0 Å². The van der Waals surface area contributed by atoms with Crippen LogP contribution in [0.4, 0.5) is 0 Å². The van der Waals surface area contributed by atoms with Gasteiger partial charge in [0.1, 0.15) is 6.10 Å². The van der Waals surface area contributed by atoms with Gasteiger partial charge in [0, 0.05) is 11.5 Å². The Labute approximate surface area is 111 Å². The average Bonchev–Trinajstić information content (AvgIpc) is 2.63. The van der Waals surface area contributed by atoms with E-state index in [1.165, 1.54) is 18.9 Å². The van der Waals surface area contributed by atoms with Gasteiger partial charge in [0.05, 0.1) is 0 Å². The van der Waals surface area contributed by atoms with E-state index in [-0.39, 0.29) is 17.5 Å². The summed E-state index contributed by atoms with van der Waals surface area (Å²) >= 11 is 0. The molecule has 0 heterocycles. The average molecular weight is 250 g/mol. The van der Waals surface area contributed by atoms with Gasteiger partial charge >= 0.3 is 5.97 Å². The summed E-state index contributed by atoms with van der Waals surface area (Å²) in [5.74, 6) is 0.440. The number of fused-ring (bicyclic) bond motifs is 2. The molecule has 2 nitrogen and oxygen atoms in total. The third kappa shape index (κ3) is 2.25. The maximum atomic E-state index is 11.3. The molecule has 0 aromatic heterocycles. The van der Waals surface area contributed by atoms with Crippen molar-refractivity contribution in [3.05, 3.63) is 25.3 Å². The molecular weight excluding hydrogens is 224 g/mol. The highest BCUT2D eigenvalue weighted by molar-refractivity contribution is 5.81. The smallest absolute Gasteiger partial charge is 0.330 e. The fourth-order valence-corrected chi connectivity index (χ4v) is 3.50. The number of hydrogen-bond acceptors (Lipinski definition) is 2. The predicted octanol–water partition coefficient (Wildman–Crippen LogP) is 4.12. The Bertz CT molecular complexity index is 343. The Morgan fingerprint density at radius 2 is 1.89 bits per heavy atom. The first-order valence-electron chi connectivity index (χ1n) is 6.73. The van der Waals surface area contributed by atoms with Crippen molar-refractivity contribution in [3.63, 3.8) is 0 Å². The van der Waals surface area contributed by atoms with E-state index in [2.05, 4.69) is 33.9 Å². The van der Waals surface area contributed by atoms with Crippen LogP contribution in [0.25, 0.3) is 0 Å². The minimum absolute atomic E-state index is 0.0942. The van der Waals surface area contributed by atoms with Crippen molar-refractivity contribution in [1.29, 1.82) is 0 Å². The lowest BCUT2D eigenvalue weighted by molar-refractivity contribution is -0.150. The van der Waals surface area contributed by atoms with Gasteiger partial charge in [-0.1, -0.05) is 33.4 Å². The molecule has 2 saturated carbocycles. The summed E-state index contributed by atoms with van der Waals surface area (Å²) in [5, 5.41) is 0. The Balaban J connectivity index is 0.000000492. The fourth-order valence-electron chi connectivity index (χ4n) is 3.50.